The number of hydrogen-bond acceptors (Lipinski definition) is 5. The van der Waals surface area contributed by atoms with Gasteiger partial charge in [-0.15, -0.1) is 0 Å². The SMILES string of the molecule is Cc1cc2c(c(=O)[nH]1)C1(C(=O)N(C)c3ccccc31)C(C#N)=C(N)O2. The van der Waals surface area contributed by atoms with Crippen LogP contribution in [0.4, 0.5) is 5.69 Å². The molecule has 1 atom stereocenters. The van der Waals surface area contributed by atoms with Crippen molar-refractivity contribution in [2.24, 2.45) is 5.73 Å². The maximum atomic E-state index is 13.3. The van der Waals surface area contributed by atoms with Gasteiger partial charge < -0.3 is 20.4 Å². The molecule has 0 aliphatic carbocycles. The average molecular weight is 334 g/mol. The predicted octanol–water partition coefficient (Wildman–Crippen LogP) is 1.03. The molecule has 1 amide bonds. The lowest BCUT2D eigenvalue weighted by Gasteiger charge is -2.33. The summed E-state index contributed by atoms with van der Waals surface area (Å²) in [5, 5.41) is 9.74. The second kappa shape index (κ2) is 4.74. The second-order valence-corrected chi connectivity index (χ2v) is 6.11. The summed E-state index contributed by atoms with van der Waals surface area (Å²) in [4.78, 5) is 30.3. The number of fused-ring (bicyclic) bond motifs is 4. The molecule has 0 radical (unpaired) electrons. The zero-order valence-electron chi connectivity index (χ0n) is 13.6. The van der Waals surface area contributed by atoms with Crippen LogP contribution in [0.1, 0.15) is 16.8 Å². The summed E-state index contributed by atoms with van der Waals surface area (Å²) in [5.74, 6) is -0.387. The molecule has 2 aliphatic rings. The molecular weight excluding hydrogens is 320 g/mol. The molecule has 1 aromatic heterocycles. The maximum Gasteiger partial charge on any atom is 0.256 e. The van der Waals surface area contributed by atoms with E-state index in [0.717, 1.165) is 0 Å². The Balaban J connectivity index is 2.24. The molecule has 7 heteroatoms. The topological polar surface area (TPSA) is 112 Å². The highest BCUT2D eigenvalue weighted by Crippen LogP contribution is 2.53. The highest BCUT2D eigenvalue weighted by atomic mass is 16.5. The molecule has 3 heterocycles. The Bertz CT molecular complexity index is 1080. The first kappa shape index (κ1) is 15.0. The molecule has 124 valence electrons. The van der Waals surface area contributed by atoms with Crippen LogP contribution in [-0.2, 0) is 10.2 Å². The number of amides is 1. The number of anilines is 1. The van der Waals surface area contributed by atoms with Gasteiger partial charge in [-0.2, -0.15) is 5.26 Å². The smallest absolute Gasteiger partial charge is 0.256 e. The highest BCUT2D eigenvalue weighted by molar-refractivity contribution is 6.13. The number of nitriles is 1. The molecule has 7 nitrogen and oxygen atoms in total. The Labute approximate surface area is 142 Å². The molecule has 25 heavy (non-hydrogen) atoms. The van der Waals surface area contributed by atoms with Crippen molar-refractivity contribution in [3.63, 3.8) is 0 Å². The first-order valence-electron chi connectivity index (χ1n) is 7.63. The summed E-state index contributed by atoms with van der Waals surface area (Å²) in [6.07, 6.45) is 0. The molecule has 1 aromatic carbocycles. The number of hydrogen-bond donors (Lipinski definition) is 2. The normalized spacial score (nSPS) is 21.0. The number of likely N-dealkylation sites (N-methyl/N-ethyl adjacent to an activating group) is 1. The lowest BCUT2D eigenvalue weighted by molar-refractivity contribution is -0.120. The van der Waals surface area contributed by atoms with Gasteiger partial charge in [0, 0.05) is 30.1 Å². The number of nitrogens with two attached hydrogens (primary N) is 1. The van der Waals surface area contributed by atoms with E-state index in [9.17, 15) is 14.9 Å². The molecule has 0 saturated carbocycles. The first-order valence-corrected chi connectivity index (χ1v) is 7.63. The van der Waals surface area contributed by atoms with Crippen molar-refractivity contribution in [1.29, 1.82) is 5.26 Å². The van der Waals surface area contributed by atoms with E-state index >= 15 is 0 Å². The van der Waals surface area contributed by atoms with E-state index in [1.54, 1.807) is 44.3 Å². The molecule has 0 saturated heterocycles. The van der Waals surface area contributed by atoms with Gasteiger partial charge in [0.1, 0.15) is 17.4 Å². The predicted molar refractivity (Wildman–Crippen MR) is 89.9 cm³/mol. The number of carbonyl (C=O) groups is 1. The Morgan fingerprint density at radius 1 is 1.32 bits per heavy atom. The van der Waals surface area contributed by atoms with Crippen LogP contribution < -0.4 is 20.9 Å². The third kappa shape index (κ3) is 1.63. The molecular formula is C18H14N4O3. The van der Waals surface area contributed by atoms with Crippen molar-refractivity contribution in [3.8, 4) is 11.8 Å². The van der Waals surface area contributed by atoms with Crippen LogP contribution >= 0.6 is 0 Å². The summed E-state index contributed by atoms with van der Waals surface area (Å²) in [6.45, 7) is 1.70. The van der Waals surface area contributed by atoms with Gasteiger partial charge >= 0.3 is 0 Å². The highest BCUT2D eigenvalue weighted by Gasteiger charge is 2.59. The zero-order valence-corrected chi connectivity index (χ0v) is 13.6. The summed E-state index contributed by atoms with van der Waals surface area (Å²) in [7, 11) is 1.61. The van der Waals surface area contributed by atoms with Gasteiger partial charge in [-0.3, -0.25) is 9.59 Å². The van der Waals surface area contributed by atoms with Crippen LogP contribution in [0, 0.1) is 18.3 Å². The van der Waals surface area contributed by atoms with Crippen molar-refractivity contribution in [2.45, 2.75) is 12.3 Å². The van der Waals surface area contributed by atoms with E-state index < -0.39 is 16.9 Å². The summed E-state index contributed by atoms with van der Waals surface area (Å²) in [5.41, 5.74) is 5.65. The van der Waals surface area contributed by atoms with Crippen LogP contribution in [-0.4, -0.2) is 17.9 Å². The Morgan fingerprint density at radius 3 is 2.76 bits per heavy atom. The molecule has 2 aromatic rings. The first-order chi connectivity index (χ1) is 11.9. The molecule has 2 aliphatic heterocycles. The van der Waals surface area contributed by atoms with Gasteiger partial charge in [0.15, 0.2) is 5.41 Å². The molecule has 4 rings (SSSR count). The van der Waals surface area contributed by atoms with E-state index in [2.05, 4.69) is 4.98 Å². The van der Waals surface area contributed by atoms with Crippen molar-refractivity contribution >= 4 is 11.6 Å². The Kier molecular flexibility index (Phi) is 2.85. The second-order valence-electron chi connectivity index (χ2n) is 6.11. The Hall–Kier alpha value is -3.53. The van der Waals surface area contributed by atoms with E-state index in [-0.39, 0.29) is 22.8 Å². The van der Waals surface area contributed by atoms with E-state index in [4.69, 9.17) is 10.5 Å². The lowest BCUT2D eigenvalue weighted by atomic mass is 9.69. The van der Waals surface area contributed by atoms with E-state index in [1.165, 1.54) is 4.90 Å². The zero-order chi connectivity index (χ0) is 17.9. The number of pyridine rings is 1. The Morgan fingerprint density at radius 2 is 2.04 bits per heavy atom. The fourth-order valence-corrected chi connectivity index (χ4v) is 3.75. The number of carbonyl (C=O) groups excluding carboxylic acids is 1. The number of para-hydroxylation sites is 1. The maximum absolute atomic E-state index is 13.3. The number of nitrogens with zero attached hydrogens (tertiary/aromatic N) is 2. The minimum atomic E-state index is -1.60. The third-order valence-electron chi connectivity index (χ3n) is 4.75. The molecule has 1 unspecified atom stereocenters. The van der Waals surface area contributed by atoms with Crippen molar-refractivity contribution in [3.05, 3.63) is 69.0 Å². The average Bonchev–Trinajstić information content (AvgIpc) is 2.78. The number of aromatic nitrogens is 1. The fraction of sp³-hybridized carbons (Fsp3) is 0.167. The number of rotatable bonds is 0. The number of benzene rings is 1. The quantitative estimate of drug-likeness (QED) is 0.747. The summed E-state index contributed by atoms with van der Waals surface area (Å²) in [6, 6.07) is 10.6. The van der Waals surface area contributed by atoms with Crippen LogP contribution in [0.5, 0.6) is 5.75 Å². The van der Waals surface area contributed by atoms with Gasteiger partial charge in [0.2, 0.25) is 11.8 Å². The monoisotopic (exact) mass is 334 g/mol. The number of aryl methyl sites for hydroxylation is 1. The summed E-state index contributed by atoms with van der Waals surface area (Å²) < 4.78 is 5.53. The largest absolute Gasteiger partial charge is 0.440 e. The minimum Gasteiger partial charge on any atom is -0.440 e. The fourth-order valence-electron chi connectivity index (χ4n) is 3.75. The van der Waals surface area contributed by atoms with E-state index in [1.807, 2.05) is 6.07 Å². The van der Waals surface area contributed by atoms with Gasteiger partial charge in [0.05, 0.1) is 5.56 Å². The lowest BCUT2D eigenvalue weighted by Crippen LogP contribution is -2.48. The van der Waals surface area contributed by atoms with Gasteiger partial charge in [-0.25, -0.2) is 0 Å². The van der Waals surface area contributed by atoms with Crippen molar-refractivity contribution in [2.75, 3.05) is 11.9 Å². The minimum absolute atomic E-state index is 0.0730. The standard InChI is InChI=1S/C18H14N4O3/c1-9-7-13-14(16(23)21-9)18(11(8-19)15(20)25-13)10-5-3-4-6-12(10)22(2)17(18)24/h3-7H,20H2,1-2H3,(H,21,23). The van der Waals surface area contributed by atoms with Gasteiger partial charge in [-0.05, 0) is 13.0 Å². The molecule has 3 N–H and O–H groups in total. The molecule has 1 spiro atoms. The third-order valence-corrected chi connectivity index (χ3v) is 4.75. The van der Waals surface area contributed by atoms with Crippen molar-refractivity contribution in [1.82, 2.24) is 4.98 Å². The number of H-pyrrole nitrogens is 1. The molecule has 0 fully saturated rings. The van der Waals surface area contributed by atoms with E-state index in [0.29, 0.717) is 16.9 Å². The van der Waals surface area contributed by atoms with Crippen LogP contribution in [0.25, 0.3) is 0 Å². The molecule has 0 bridgehead atoms. The van der Waals surface area contributed by atoms with Crippen LogP contribution in [0.2, 0.25) is 0 Å². The summed E-state index contributed by atoms with van der Waals surface area (Å²) >= 11 is 0. The van der Waals surface area contributed by atoms with Gasteiger partial charge in [0.25, 0.3) is 5.56 Å². The number of ether oxygens (including phenoxy) is 1. The number of nitrogens with one attached hydrogen (secondary N) is 1. The number of aromatic amines is 1. The van der Waals surface area contributed by atoms with Gasteiger partial charge in [-0.1, -0.05) is 18.2 Å². The van der Waals surface area contributed by atoms with Crippen LogP contribution in [0.3, 0.4) is 0 Å². The van der Waals surface area contributed by atoms with Crippen molar-refractivity contribution < 1.29 is 9.53 Å². The van der Waals surface area contributed by atoms with Crippen LogP contribution in [0.15, 0.2) is 46.6 Å².